The van der Waals surface area contributed by atoms with Crippen molar-refractivity contribution in [2.75, 3.05) is 32.7 Å². The van der Waals surface area contributed by atoms with Gasteiger partial charge in [0.1, 0.15) is 5.82 Å². The summed E-state index contributed by atoms with van der Waals surface area (Å²) in [6.07, 6.45) is 6.54. The second-order valence-corrected chi connectivity index (χ2v) is 8.46. The van der Waals surface area contributed by atoms with Crippen LogP contribution in [-0.4, -0.2) is 60.4 Å². The van der Waals surface area contributed by atoms with E-state index in [-0.39, 0.29) is 23.7 Å². The summed E-state index contributed by atoms with van der Waals surface area (Å²) in [6.45, 7) is 3.23. The molecular weight excluding hydrogens is 357 g/mol. The van der Waals surface area contributed by atoms with Crippen LogP contribution in [0.4, 0.5) is 4.39 Å². The van der Waals surface area contributed by atoms with E-state index < -0.39 is 5.41 Å². The number of piperazine rings is 1. The highest BCUT2D eigenvalue weighted by Gasteiger charge is 2.45. The number of hydrogen-bond donors (Lipinski definition) is 1. The first-order valence-electron chi connectivity index (χ1n) is 10.7. The van der Waals surface area contributed by atoms with Crippen molar-refractivity contribution in [2.24, 2.45) is 0 Å². The van der Waals surface area contributed by atoms with Crippen molar-refractivity contribution >= 4 is 11.8 Å². The number of carbonyl (C=O) groups is 2. The molecule has 1 aromatic rings. The molecular formula is C22H30FN3O2. The first-order chi connectivity index (χ1) is 13.6. The fourth-order valence-corrected chi connectivity index (χ4v) is 5.27. The number of likely N-dealkylation sites (tertiary alicyclic amines) is 1. The third-order valence-corrected chi connectivity index (χ3v) is 6.74. The SMILES string of the molecule is O=C1CNCCN1C1CCCN(C(=O)C2(c3cccc(F)c3)CCCCC2)C1. The summed E-state index contributed by atoms with van der Waals surface area (Å²) < 4.78 is 14.0. The van der Waals surface area contributed by atoms with Gasteiger partial charge in [-0.05, 0) is 43.4 Å². The minimum atomic E-state index is -0.615. The highest BCUT2D eigenvalue weighted by Crippen LogP contribution is 2.42. The van der Waals surface area contributed by atoms with Gasteiger partial charge >= 0.3 is 0 Å². The van der Waals surface area contributed by atoms with E-state index in [0.717, 1.165) is 63.6 Å². The van der Waals surface area contributed by atoms with Crippen molar-refractivity contribution in [3.63, 3.8) is 0 Å². The molecule has 0 radical (unpaired) electrons. The van der Waals surface area contributed by atoms with Crippen molar-refractivity contribution in [2.45, 2.75) is 56.4 Å². The van der Waals surface area contributed by atoms with Gasteiger partial charge in [0.2, 0.25) is 11.8 Å². The molecule has 0 bridgehead atoms. The number of rotatable bonds is 3. The van der Waals surface area contributed by atoms with E-state index in [1.807, 2.05) is 15.9 Å². The van der Waals surface area contributed by atoms with Crippen LogP contribution in [0.3, 0.4) is 0 Å². The van der Waals surface area contributed by atoms with Crippen LogP contribution in [0.5, 0.6) is 0 Å². The first-order valence-corrected chi connectivity index (χ1v) is 10.7. The molecule has 2 aliphatic heterocycles. The smallest absolute Gasteiger partial charge is 0.236 e. The summed E-state index contributed by atoms with van der Waals surface area (Å²) in [6, 6.07) is 6.71. The number of benzene rings is 1. The summed E-state index contributed by atoms with van der Waals surface area (Å²) >= 11 is 0. The molecule has 3 aliphatic rings. The Balaban J connectivity index is 1.57. The molecule has 1 unspecified atom stereocenters. The van der Waals surface area contributed by atoms with Gasteiger partial charge in [-0.2, -0.15) is 0 Å². The van der Waals surface area contributed by atoms with Crippen molar-refractivity contribution in [3.05, 3.63) is 35.6 Å². The predicted molar refractivity (Wildman–Crippen MR) is 105 cm³/mol. The third kappa shape index (κ3) is 3.66. The fraction of sp³-hybridized carbons (Fsp3) is 0.636. The van der Waals surface area contributed by atoms with Crippen LogP contribution in [0.25, 0.3) is 0 Å². The molecule has 3 fully saturated rings. The Kier molecular flexibility index (Phi) is 5.67. The van der Waals surface area contributed by atoms with Crippen LogP contribution in [0.2, 0.25) is 0 Å². The number of carbonyl (C=O) groups excluding carboxylic acids is 2. The number of halogens is 1. The maximum absolute atomic E-state index is 14.0. The van der Waals surface area contributed by atoms with E-state index in [1.54, 1.807) is 12.1 Å². The molecule has 5 nitrogen and oxygen atoms in total. The van der Waals surface area contributed by atoms with Gasteiger partial charge in [0.25, 0.3) is 0 Å². The standard InChI is InChI=1S/C22H30FN3O2/c23-18-7-4-6-17(14-18)22(9-2-1-3-10-22)21(28)25-12-5-8-19(16-25)26-13-11-24-15-20(26)27/h4,6-7,14,19,24H,1-3,5,8-13,15-16H2. The number of nitrogens with zero attached hydrogens (tertiary/aromatic N) is 2. The monoisotopic (exact) mass is 387 g/mol. The topological polar surface area (TPSA) is 52.7 Å². The summed E-state index contributed by atoms with van der Waals surface area (Å²) in [4.78, 5) is 30.0. The van der Waals surface area contributed by atoms with Crippen LogP contribution >= 0.6 is 0 Å². The van der Waals surface area contributed by atoms with Crippen molar-refractivity contribution in [1.29, 1.82) is 0 Å². The van der Waals surface area contributed by atoms with E-state index in [2.05, 4.69) is 5.32 Å². The van der Waals surface area contributed by atoms with Crippen LogP contribution in [0.15, 0.2) is 24.3 Å². The van der Waals surface area contributed by atoms with Gasteiger partial charge < -0.3 is 15.1 Å². The van der Waals surface area contributed by atoms with Gasteiger partial charge in [-0.3, -0.25) is 9.59 Å². The quantitative estimate of drug-likeness (QED) is 0.867. The van der Waals surface area contributed by atoms with Gasteiger partial charge in [0.05, 0.1) is 12.0 Å². The summed E-state index contributed by atoms with van der Waals surface area (Å²) in [5, 5.41) is 3.11. The lowest BCUT2D eigenvalue weighted by atomic mass is 9.68. The van der Waals surface area contributed by atoms with Gasteiger partial charge in [0.15, 0.2) is 0 Å². The Labute approximate surface area is 166 Å². The summed E-state index contributed by atoms with van der Waals surface area (Å²) in [5.74, 6) is -0.0219. The van der Waals surface area contributed by atoms with E-state index in [0.29, 0.717) is 19.6 Å². The van der Waals surface area contributed by atoms with E-state index in [4.69, 9.17) is 0 Å². The Bertz CT molecular complexity index is 732. The van der Waals surface area contributed by atoms with E-state index in [9.17, 15) is 14.0 Å². The normalized spacial score (nSPS) is 25.6. The zero-order valence-corrected chi connectivity index (χ0v) is 16.5. The Morgan fingerprint density at radius 2 is 1.96 bits per heavy atom. The molecule has 152 valence electrons. The average Bonchev–Trinajstić information content (AvgIpc) is 2.74. The first kappa shape index (κ1) is 19.4. The number of piperidine rings is 1. The number of amides is 2. The zero-order valence-electron chi connectivity index (χ0n) is 16.5. The van der Waals surface area contributed by atoms with Crippen molar-refractivity contribution in [1.82, 2.24) is 15.1 Å². The third-order valence-electron chi connectivity index (χ3n) is 6.74. The Hall–Kier alpha value is -1.95. The molecule has 1 N–H and O–H groups in total. The minimum Gasteiger partial charge on any atom is -0.340 e. The second-order valence-electron chi connectivity index (χ2n) is 8.46. The summed E-state index contributed by atoms with van der Waals surface area (Å²) in [7, 11) is 0. The predicted octanol–water partition coefficient (Wildman–Crippen LogP) is 2.45. The van der Waals surface area contributed by atoms with Gasteiger partial charge in [-0.15, -0.1) is 0 Å². The fourth-order valence-electron chi connectivity index (χ4n) is 5.27. The maximum atomic E-state index is 14.0. The van der Waals surface area contributed by atoms with Gasteiger partial charge in [-0.1, -0.05) is 31.4 Å². The molecule has 1 atom stereocenters. The lowest BCUT2D eigenvalue weighted by Gasteiger charge is -2.45. The largest absolute Gasteiger partial charge is 0.340 e. The molecule has 4 rings (SSSR count). The molecule has 2 heterocycles. The summed E-state index contributed by atoms with van der Waals surface area (Å²) in [5.41, 5.74) is 0.202. The minimum absolute atomic E-state index is 0.0976. The molecule has 0 spiro atoms. The highest BCUT2D eigenvalue weighted by molar-refractivity contribution is 5.88. The maximum Gasteiger partial charge on any atom is 0.236 e. The lowest BCUT2D eigenvalue weighted by molar-refractivity contribution is -0.145. The number of nitrogens with one attached hydrogen (secondary N) is 1. The van der Waals surface area contributed by atoms with Crippen LogP contribution in [0, 0.1) is 5.82 Å². The van der Waals surface area contributed by atoms with E-state index >= 15 is 0 Å². The zero-order chi connectivity index (χ0) is 19.6. The average molecular weight is 387 g/mol. The molecule has 2 saturated heterocycles. The molecule has 28 heavy (non-hydrogen) atoms. The molecule has 1 aromatic carbocycles. The van der Waals surface area contributed by atoms with Crippen molar-refractivity contribution in [3.8, 4) is 0 Å². The molecule has 2 amide bonds. The lowest BCUT2D eigenvalue weighted by Crippen LogP contribution is -2.59. The Morgan fingerprint density at radius 1 is 1.14 bits per heavy atom. The van der Waals surface area contributed by atoms with Crippen LogP contribution in [0.1, 0.15) is 50.5 Å². The highest BCUT2D eigenvalue weighted by atomic mass is 19.1. The Morgan fingerprint density at radius 3 is 2.71 bits per heavy atom. The molecule has 0 aromatic heterocycles. The number of hydrogen-bond acceptors (Lipinski definition) is 3. The van der Waals surface area contributed by atoms with Crippen LogP contribution in [-0.2, 0) is 15.0 Å². The molecule has 6 heteroatoms. The molecule has 1 saturated carbocycles. The molecule has 1 aliphatic carbocycles. The second kappa shape index (κ2) is 8.19. The van der Waals surface area contributed by atoms with Crippen LogP contribution < -0.4 is 5.32 Å². The van der Waals surface area contributed by atoms with Crippen molar-refractivity contribution < 1.29 is 14.0 Å². The van der Waals surface area contributed by atoms with E-state index in [1.165, 1.54) is 6.07 Å². The van der Waals surface area contributed by atoms with Gasteiger partial charge in [0, 0.05) is 32.2 Å². The van der Waals surface area contributed by atoms with Gasteiger partial charge in [-0.25, -0.2) is 4.39 Å².